The molecule has 8 nitrogen and oxygen atoms in total. The molecule has 2 unspecified atom stereocenters. The number of hydrogen-bond donors (Lipinski definition) is 3. The number of aliphatic hydroxyl groups excluding tert-OH is 2. The summed E-state index contributed by atoms with van der Waals surface area (Å²) in [4.78, 5) is 40.5. The number of Topliss-reactive ketones (excluding diaryl/α,β-unsaturated/α-hetero) is 1. The molecular weight excluding hydrogens is 524 g/mol. The van der Waals surface area contributed by atoms with Crippen LogP contribution in [0.15, 0.2) is 23.3 Å². The van der Waals surface area contributed by atoms with E-state index in [2.05, 4.69) is 6.92 Å². The number of ketones is 1. The lowest BCUT2D eigenvalue weighted by Gasteiger charge is -2.48. The zero-order valence-corrected chi connectivity index (χ0v) is 26.1. The van der Waals surface area contributed by atoms with Crippen LogP contribution in [0.5, 0.6) is 0 Å². The minimum absolute atomic E-state index is 0.167. The molecule has 0 heterocycles. The molecule has 41 heavy (non-hydrogen) atoms. The van der Waals surface area contributed by atoms with Crippen molar-refractivity contribution in [1.29, 1.82) is 0 Å². The number of carbonyl (C=O) groups excluding carboxylic acids is 3. The maximum Gasteiger partial charge on any atom is 0.311 e. The Morgan fingerprint density at radius 2 is 1.71 bits per heavy atom. The fourth-order valence-corrected chi connectivity index (χ4v) is 8.21. The largest absolute Gasteiger partial charge is 0.461 e. The van der Waals surface area contributed by atoms with Gasteiger partial charge in [0, 0.05) is 23.7 Å². The topological polar surface area (TPSA) is 130 Å². The molecule has 0 aromatic rings. The number of ether oxygens (including phenoxy) is 2. The van der Waals surface area contributed by atoms with Gasteiger partial charge in [-0.3, -0.25) is 14.4 Å². The summed E-state index contributed by atoms with van der Waals surface area (Å²) >= 11 is 0. The Morgan fingerprint density at radius 1 is 1.07 bits per heavy atom. The molecule has 0 aromatic carbocycles. The fraction of sp³-hybridized carbons (Fsp3) is 0.788. The van der Waals surface area contributed by atoms with Crippen molar-refractivity contribution in [2.24, 2.45) is 34.0 Å². The van der Waals surface area contributed by atoms with E-state index in [0.717, 1.165) is 32.1 Å². The third-order valence-corrected chi connectivity index (χ3v) is 10.6. The predicted octanol–water partition coefficient (Wildman–Crippen LogP) is 4.44. The molecule has 4 aliphatic rings. The zero-order chi connectivity index (χ0) is 30.8. The second-order valence-corrected chi connectivity index (χ2v) is 14.7. The smallest absolute Gasteiger partial charge is 0.311 e. The molecule has 3 N–H and O–H groups in total. The van der Waals surface area contributed by atoms with Crippen LogP contribution >= 0.6 is 0 Å². The van der Waals surface area contributed by atoms with Crippen LogP contribution in [0.4, 0.5) is 0 Å². The standard InChI is InChI=1S/C33H50O8/c1-9-10-11-12-13-14-23(34)41-32-17-20(3)31-16-19(2)25(35)33(31,39)26(36)21(18-40-28(38)29(4,5)6)15-22(27(31)37)24(32)30(32,7)8/h15-16,20,22,24-26,35-36,39H,9-14,17-18H2,1-8H3/t20?,22-,24+,25-,26+,31?,32-,33+/m0/s1. The number of aliphatic hydroxyl groups is 3. The molecule has 8 heteroatoms. The van der Waals surface area contributed by atoms with Crippen LogP contribution in [-0.4, -0.2) is 63.1 Å². The second-order valence-electron chi connectivity index (χ2n) is 14.7. The molecule has 0 amide bonds. The molecule has 2 fully saturated rings. The Bertz CT molecular complexity index is 1140. The summed E-state index contributed by atoms with van der Waals surface area (Å²) in [5, 5.41) is 35.3. The summed E-state index contributed by atoms with van der Waals surface area (Å²) in [5.41, 5.74) is -5.61. The van der Waals surface area contributed by atoms with Crippen molar-refractivity contribution < 1.29 is 39.2 Å². The first-order valence-electron chi connectivity index (χ1n) is 15.3. The van der Waals surface area contributed by atoms with Crippen LogP contribution in [0.3, 0.4) is 0 Å². The van der Waals surface area contributed by atoms with Gasteiger partial charge in [0.2, 0.25) is 0 Å². The highest BCUT2D eigenvalue weighted by Crippen LogP contribution is 2.75. The van der Waals surface area contributed by atoms with Gasteiger partial charge in [-0.15, -0.1) is 0 Å². The molecule has 4 rings (SSSR count). The van der Waals surface area contributed by atoms with E-state index in [9.17, 15) is 29.7 Å². The highest BCUT2D eigenvalue weighted by Gasteiger charge is 2.83. The van der Waals surface area contributed by atoms with E-state index in [1.807, 2.05) is 20.8 Å². The van der Waals surface area contributed by atoms with Crippen LogP contribution in [0.2, 0.25) is 0 Å². The number of rotatable bonds is 9. The lowest BCUT2D eigenvalue weighted by Crippen LogP contribution is -2.65. The van der Waals surface area contributed by atoms with Crippen molar-refractivity contribution in [2.45, 2.75) is 124 Å². The molecule has 0 aromatic heterocycles. The molecule has 8 atom stereocenters. The van der Waals surface area contributed by atoms with Gasteiger partial charge in [-0.05, 0) is 57.6 Å². The lowest BCUT2D eigenvalue weighted by molar-refractivity contribution is -0.192. The Morgan fingerprint density at radius 3 is 2.32 bits per heavy atom. The van der Waals surface area contributed by atoms with Crippen LogP contribution in [0.1, 0.15) is 100 Å². The number of unbranched alkanes of at least 4 members (excludes halogenated alkanes) is 4. The summed E-state index contributed by atoms with van der Waals surface area (Å²) in [6.45, 7) is 14.4. The Hall–Kier alpha value is -2.03. The van der Waals surface area contributed by atoms with E-state index >= 15 is 0 Å². The average molecular weight is 575 g/mol. The van der Waals surface area contributed by atoms with Gasteiger partial charge in [0.15, 0.2) is 5.78 Å². The van der Waals surface area contributed by atoms with Gasteiger partial charge >= 0.3 is 11.9 Å². The Balaban J connectivity index is 1.75. The molecule has 2 bridgehead atoms. The molecule has 0 aliphatic heterocycles. The molecule has 0 radical (unpaired) electrons. The quantitative estimate of drug-likeness (QED) is 0.209. The van der Waals surface area contributed by atoms with E-state index in [1.165, 1.54) is 0 Å². The maximum absolute atomic E-state index is 14.7. The highest BCUT2D eigenvalue weighted by molar-refractivity contribution is 5.96. The van der Waals surface area contributed by atoms with Crippen molar-refractivity contribution >= 4 is 17.7 Å². The van der Waals surface area contributed by atoms with Crippen molar-refractivity contribution in [3.63, 3.8) is 0 Å². The third kappa shape index (κ3) is 4.63. The Labute approximate surface area is 244 Å². The zero-order valence-electron chi connectivity index (χ0n) is 26.1. The van der Waals surface area contributed by atoms with Crippen molar-refractivity contribution in [3.05, 3.63) is 23.3 Å². The van der Waals surface area contributed by atoms with E-state index in [0.29, 0.717) is 18.4 Å². The SMILES string of the molecule is CCCCCCCC(=O)O[C@@]12CC(C)C34C=C(C)[C@H](O)[C@@]3(O)[C@H](O)C(COC(=O)C(C)(C)C)=C[C@H](C4=O)[C@@H]1C2(C)C. The van der Waals surface area contributed by atoms with E-state index in [4.69, 9.17) is 9.47 Å². The van der Waals surface area contributed by atoms with Crippen molar-refractivity contribution in [1.82, 2.24) is 0 Å². The van der Waals surface area contributed by atoms with Crippen molar-refractivity contribution in [3.8, 4) is 0 Å². The third-order valence-electron chi connectivity index (χ3n) is 10.6. The first-order chi connectivity index (χ1) is 18.9. The number of allylic oxidation sites excluding steroid dienone is 1. The number of hydrogen-bond acceptors (Lipinski definition) is 8. The summed E-state index contributed by atoms with van der Waals surface area (Å²) in [6.07, 6.45) is 5.70. The van der Waals surface area contributed by atoms with Crippen LogP contribution in [0.25, 0.3) is 0 Å². The fourth-order valence-electron chi connectivity index (χ4n) is 8.21. The van der Waals surface area contributed by atoms with Gasteiger partial charge in [-0.25, -0.2) is 0 Å². The van der Waals surface area contributed by atoms with Crippen molar-refractivity contribution in [2.75, 3.05) is 6.61 Å². The molecule has 230 valence electrons. The summed E-state index contributed by atoms with van der Waals surface area (Å²) in [6, 6.07) is 0. The molecular formula is C33H50O8. The lowest BCUT2D eigenvalue weighted by atomic mass is 9.59. The second kappa shape index (κ2) is 10.6. The normalized spacial score (nSPS) is 39.0. The minimum atomic E-state index is -2.27. The van der Waals surface area contributed by atoms with Gasteiger partial charge < -0.3 is 24.8 Å². The first kappa shape index (κ1) is 31.9. The maximum atomic E-state index is 14.7. The van der Waals surface area contributed by atoms with E-state index < -0.39 is 63.4 Å². The molecule has 0 saturated heterocycles. The average Bonchev–Trinajstić information content (AvgIpc) is 3.29. The van der Waals surface area contributed by atoms with Gasteiger partial charge in [0.1, 0.15) is 30.0 Å². The summed E-state index contributed by atoms with van der Waals surface area (Å²) < 4.78 is 11.9. The first-order valence-corrected chi connectivity index (χ1v) is 15.3. The minimum Gasteiger partial charge on any atom is -0.461 e. The molecule has 4 aliphatic carbocycles. The summed E-state index contributed by atoms with van der Waals surface area (Å²) in [5.74, 6) is -2.89. The van der Waals surface area contributed by atoms with Crippen LogP contribution < -0.4 is 0 Å². The molecule has 1 spiro atoms. The predicted molar refractivity (Wildman–Crippen MR) is 153 cm³/mol. The monoisotopic (exact) mass is 574 g/mol. The van der Waals surface area contributed by atoms with Gasteiger partial charge in [-0.1, -0.05) is 65.5 Å². The Kier molecular flexibility index (Phi) is 8.25. The van der Waals surface area contributed by atoms with E-state index in [1.54, 1.807) is 39.8 Å². The van der Waals surface area contributed by atoms with Gasteiger partial charge in [0.05, 0.1) is 10.8 Å². The number of carbonyl (C=O) groups is 3. The number of fused-ring (bicyclic) bond motifs is 3. The van der Waals surface area contributed by atoms with Crippen LogP contribution in [-0.2, 0) is 23.9 Å². The highest BCUT2D eigenvalue weighted by atomic mass is 16.6. The van der Waals surface area contributed by atoms with E-state index in [-0.39, 0.29) is 23.9 Å². The molecule has 2 saturated carbocycles. The summed E-state index contributed by atoms with van der Waals surface area (Å²) in [7, 11) is 0. The van der Waals surface area contributed by atoms with Crippen LogP contribution in [0, 0.1) is 34.0 Å². The van der Waals surface area contributed by atoms with Gasteiger partial charge in [0.25, 0.3) is 0 Å². The number of esters is 2. The van der Waals surface area contributed by atoms with Gasteiger partial charge in [-0.2, -0.15) is 0 Å².